The maximum atomic E-state index is 12.6. The van der Waals surface area contributed by atoms with E-state index in [1.54, 1.807) is 11.8 Å². The first-order valence-corrected chi connectivity index (χ1v) is 10.1. The van der Waals surface area contributed by atoms with Crippen molar-refractivity contribution in [3.63, 3.8) is 0 Å². The minimum atomic E-state index is -0.0426. The van der Waals surface area contributed by atoms with Gasteiger partial charge in [0.25, 0.3) is 0 Å². The highest BCUT2D eigenvalue weighted by Gasteiger charge is 2.15. The van der Waals surface area contributed by atoms with Gasteiger partial charge >= 0.3 is 0 Å². The minimum absolute atomic E-state index is 0.0426. The average Bonchev–Trinajstić information content (AvgIpc) is 2.92. The third-order valence-corrected chi connectivity index (χ3v) is 4.89. The monoisotopic (exact) mass is 367 g/mol. The van der Waals surface area contributed by atoms with Crippen molar-refractivity contribution < 1.29 is 4.79 Å². The Labute approximate surface area is 159 Å². The molecule has 4 nitrogen and oxygen atoms in total. The van der Waals surface area contributed by atoms with Crippen molar-refractivity contribution in [3.05, 3.63) is 59.9 Å². The normalized spacial score (nSPS) is 11.7. The van der Waals surface area contributed by atoms with Crippen LogP contribution < -0.4 is 5.32 Å². The van der Waals surface area contributed by atoms with Gasteiger partial charge in [0.2, 0.25) is 5.91 Å². The van der Waals surface area contributed by atoms with Gasteiger partial charge in [0, 0.05) is 5.69 Å². The Morgan fingerprint density at radius 2 is 1.81 bits per heavy atom. The van der Waals surface area contributed by atoms with Gasteiger partial charge < -0.3 is 9.88 Å². The highest BCUT2D eigenvalue weighted by molar-refractivity contribution is 7.97. The second kappa shape index (κ2) is 7.54. The van der Waals surface area contributed by atoms with Gasteiger partial charge in [-0.15, -0.1) is 0 Å². The molecule has 0 aliphatic rings. The molecule has 0 radical (unpaired) electrons. The van der Waals surface area contributed by atoms with E-state index in [-0.39, 0.29) is 17.9 Å². The van der Waals surface area contributed by atoms with E-state index in [0.717, 1.165) is 28.3 Å². The molecule has 0 saturated carbocycles. The number of amides is 1. The SMILES string of the molecule is CSCc1nc2ccccc2n1CC(=O)Nc1ccc(C(C)(C)C)cc1. The Balaban J connectivity index is 1.78. The molecular formula is C21H25N3OS. The molecule has 0 unspecified atom stereocenters. The fourth-order valence-electron chi connectivity index (χ4n) is 2.94. The number of thioether (sulfide) groups is 1. The predicted octanol–water partition coefficient (Wildman–Crippen LogP) is 4.84. The Hall–Kier alpha value is -2.27. The largest absolute Gasteiger partial charge is 0.325 e. The van der Waals surface area contributed by atoms with Gasteiger partial charge in [-0.1, -0.05) is 45.0 Å². The Kier molecular flexibility index (Phi) is 5.37. The molecule has 26 heavy (non-hydrogen) atoms. The standard InChI is InChI=1S/C21H25N3OS/c1-21(2,3)15-9-11-16(12-10-15)22-20(25)13-24-18-8-6-5-7-17(18)23-19(24)14-26-4/h5-12H,13-14H2,1-4H3,(H,22,25). The molecule has 0 aliphatic heterocycles. The maximum absolute atomic E-state index is 12.6. The summed E-state index contributed by atoms with van der Waals surface area (Å²) in [5.41, 5.74) is 4.09. The number of hydrogen-bond donors (Lipinski definition) is 1. The summed E-state index contributed by atoms with van der Waals surface area (Å²) >= 11 is 1.70. The zero-order valence-electron chi connectivity index (χ0n) is 15.7. The summed E-state index contributed by atoms with van der Waals surface area (Å²) in [5, 5.41) is 3.00. The molecule has 136 valence electrons. The lowest BCUT2D eigenvalue weighted by Gasteiger charge is -2.19. The number of anilines is 1. The summed E-state index contributed by atoms with van der Waals surface area (Å²) in [7, 11) is 0. The second-order valence-electron chi connectivity index (χ2n) is 7.41. The number of benzene rings is 2. The van der Waals surface area contributed by atoms with Crippen molar-refractivity contribution in [2.45, 2.75) is 38.5 Å². The summed E-state index contributed by atoms with van der Waals surface area (Å²) in [5.74, 6) is 1.67. The van der Waals surface area contributed by atoms with Crippen molar-refractivity contribution in [1.82, 2.24) is 9.55 Å². The van der Waals surface area contributed by atoms with Crippen LogP contribution in [0.3, 0.4) is 0 Å². The first kappa shape index (κ1) is 18.5. The molecule has 0 aliphatic carbocycles. The number of nitrogens with one attached hydrogen (secondary N) is 1. The number of fused-ring (bicyclic) bond motifs is 1. The van der Waals surface area contributed by atoms with Gasteiger partial charge in [-0.3, -0.25) is 4.79 Å². The first-order chi connectivity index (χ1) is 12.4. The van der Waals surface area contributed by atoms with Crippen molar-refractivity contribution in [2.75, 3.05) is 11.6 Å². The van der Waals surface area contributed by atoms with Crippen LogP contribution in [0.15, 0.2) is 48.5 Å². The van der Waals surface area contributed by atoms with E-state index in [1.165, 1.54) is 5.56 Å². The molecule has 1 aromatic heterocycles. The summed E-state index contributed by atoms with van der Waals surface area (Å²) in [6, 6.07) is 16.0. The second-order valence-corrected chi connectivity index (χ2v) is 8.28. The van der Waals surface area contributed by atoms with Gasteiger partial charge in [0.1, 0.15) is 12.4 Å². The van der Waals surface area contributed by atoms with Crippen molar-refractivity contribution in [2.24, 2.45) is 0 Å². The first-order valence-electron chi connectivity index (χ1n) is 8.72. The molecule has 2 aromatic carbocycles. The third kappa shape index (κ3) is 4.10. The fraction of sp³-hybridized carbons (Fsp3) is 0.333. The van der Waals surface area contributed by atoms with Crippen LogP contribution in [0.25, 0.3) is 11.0 Å². The van der Waals surface area contributed by atoms with Crippen LogP contribution in [0, 0.1) is 0 Å². The van der Waals surface area contributed by atoms with E-state index in [9.17, 15) is 4.79 Å². The zero-order valence-corrected chi connectivity index (χ0v) is 16.6. The van der Waals surface area contributed by atoms with Gasteiger partial charge in [0.05, 0.1) is 16.8 Å². The number of hydrogen-bond acceptors (Lipinski definition) is 3. The molecule has 0 spiro atoms. The molecule has 1 N–H and O–H groups in total. The molecule has 0 bridgehead atoms. The number of imidazole rings is 1. The molecule has 1 heterocycles. The van der Waals surface area contributed by atoms with Crippen molar-refractivity contribution >= 4 is 34.4 Å². The van der Waals surface area contributed by atoms with Crippen LogP contribution in [0.1, 0.15) is 32.2 Å². The summed E-state index contributed by atoms with van der Waals surface area (Å²) in [4.78, 5) is 17.3. The Bertz CT molecular complexity index is 907. The van der Waals surface area contributed by atoms with Gasteiger partial charge in [-0.05, 0) is 41.5 Å². The van der Waals surface area contributed by atoms with E-state index in [4.69, 9.17) is 0 Å². The fourth-order valence-corrected chi connectivity index (χ4v) is 3.42. The maximum Gasteiger partial charge on any atom is 0.244 e. The number of nitrogens with zero attached hydrogens (tertiary/aromatic N) is 2. The lowest BCUT2D eigenvalue weighted by molar-refractivity contribution is -0.116. The lowest BCUT2D eigenvalue weighted by Crippen LogP contribution is -2.20. The zero-order chi connectivity index (χ0) is 18.7. The smallest absolute Gasteiger partial charge is 0.244 e. The highest BCUT2D eigenvalue weighted by atomic mass is 32.2. The summed E-state index contributed by atoms with van der Waals surface area (Å²) < 4.78 is 2.00. The van der Waals surface area contributed by atoms with Crippen LogP contribution in [0.2, 0.25) is 0 Å². The van der Waals surface area contributed by atoms with Gasteiger partial charge in [-0.25, -0.2) is 4.98 Å². The van der Waals surface area contributed by atoms with Gasteiger partial charge in [0.15, 0.2) is 0 Å². The average molecular weight is 368 g/mol. The van der Waals surface area contributed by atoms with Crippen LogP contribution in [0.5, 0.6) is 0 Å². The number of carbonyl (C=O) groups is 1. The number of rotatable bonds is 5. The van der Waals surface area contributed by atoms with Crippen molar-refractivity contribution in [3.8, 4) is 0 Å². The minimum Gasteiger partial charge on any atom is -0.325 e. The molecular weight excluding hydrogens is 342 g/mol. The Morgan fingerprint density at radius 1 is 1.12 bits per heavy atom. The van der Waals surface area contributed by atoms with E-state index in [0.29, 0.717) is 0 Å². The molecule has 3 rings (SSSR count). The predicted molar refractivity (Wildman–Crippen MR) is 111 cm³/mol. The van der Waals surface area contributed by atoms with Gasteiger partial charge in [-0.2, -0.15) is 11.8 Å². The van der Waals surface area contributed by atoms with Crippen LogP contribution in [-0.2, 0) is 22.5 Å². The summed E-state index contributed by atoms with van der Waals surface area (Å²) in [6.45, 7) is 6.80. The Morgan fingerprint density at radius 3 is 2.46 bits per heavy atom. The topological polar surface area (TPSA) is 46.9 Å². The number of aromatic nitrogens is 2. The quantitative estimate of drug-likeness (QED) is 0.702. The number of carbonyl (C=O) groups excluding carboxylic acids is 1. The van der Waals surface area contributed by atoms with E-state index in [2.05, 4.69) is 43.2 Å². The highest BCUT2D eigenvalue weighted by Crippen LogP contribution is 2.24. The molecule has 3 aromatic rings. The van der Waals surface area contributed by atoms with E-state index < -0.39 is 0 Å². The third-order valence-electron chi connectivity index (χ3n) is 4.34. The van der Waals surface area contributed by atoms with Crippen molar-refractivity contribution in [1.29, 1.82) is 0 Å². The molecule has 1 amide bonds. The van der Waals surface area contributed by atoms with Crippen LogP contribution in [-0.4, -0.2) is 21.7 Å². The molecule has 0 atom stereocenters. The molecule has 5 heteroatoms. The van der Waals surface area contributed by atoms with Crippen LogP contribution >= 0.6 is 11.8 Å². The molecule has 0 fully saturated rings. The molecule has 0 saturated heterocycles. The summed E-state index contributed by atoms with van der Waals surface area (Å²) in [6.07, 6.45) is 2.04. The van der Waals surface area contributed by atoms with E-state index >= 15 is 0 Å². The van der Waals surface area contributed by atoms with Crippen LogP contribution in [0.4, 0.5) is 5.69 Å². The number of para-hydroxylation sites is 2. The van der Waals surface area contributed by atoms with E-state index in [1.807, 2.05) is 47.2 Å². The lowest BCUT2D eigenvalue weighted by atomic mass is 9.87.